The first-order valence-corrected chi connectivity index (χ1v) is 6.99. The number of methoxy groups -OCH3 is 1. The molecule has 2 rings (SSSR count). The molecule has 1 aromatic heterocycles. The Labute approximate surface area is 118 Å². The normalized spacial score (nSPS) is 22.9. The third-order valence-corrected chi connectivity index (χ3v) is 3.69. The summed E-state index contributed by atoms with van der Waals surface area (Å²) in [7, 11) is 1.55. The van der Waals surface area contributed by atoms with Crippen LogP contribution in [0.3, 0.4) is 0 Å². The summed E-state index contributed by atoms with van der Waals surface area (Å²) >= 11 is 0. The molecular formula is C14H21N3O3. The highest BCUT2D eigenvalue weighted by molar-refractivity contribution is 5.71. The van der Waals surface area contributed by atoms with Crippen molar-refractivity contribution >= 4 is 11.9 Å². The Morgan fingerprint density at radius 2 is 2.10 bits per heavy atom. The van der Waals surface area contributed by atoms with E-state index in [0.29, 0.717) is 18.2 Å². The summed E-state index contributed by atoms with van der Waals surface area (Å²) in [4.78, 5) is 19.9. The average Bonchev–Trinajstić information content (AvgIpc) is 2.63. The van der Waals surface area contributed by atoms with Crippen molar-refractivity contribution in [2.75, 3.05) is 12.4 Å². The van der Waals surface area contributed by atoms with Crippen molar-refractivity contribution in [3.63, 3.8) is 0 Å². The minimum atomic E-state index is -0.746. The van der Waals surface area contributed by atoms with Gasteiger partial charge in [0.2, 0.25) is 11.8 Å². The number of carboxylic acid groups (broad SMARTS) is 1. The van der Waals surface area contributed by atoms with Crippen LogP contribution in [0.1, 0.15) is 37.8 Å². The molecule has 2 unspecified atom stereocenters. The van der Waals surface area contributed by atoms with E-state index in [9.17, 15) is 9.90 Å². The summed E-state index contributed by atoms with van der Waals surface area (Å²) in [5.41, 5.74) is 0.792. The van der Waals surface area contributed by atoms with Gasteiger partial charge in [-0.2, -0.15) is 4.98 Å². The summed E-state index contributed by atoms with van der Waals surface area (Å²) in [6.07, 6.45) is 4.62. The van der Waals surface area contributed by atoms with Crippen LogP contribution in [0.15, 0.2) is 6.07 Å². The van der Waals surface area contributed by atoms with Crippen LogP contribution in [0.25, 0.3) is 0 Å². The lowest BCUT2D eigenvalue weighted by Crippen LogP contribution is -2.34. The molecule has 2 N–H and O–H groups in total. The van der Waals surface area contributed by atoms with E-state index in [0.717, 1.165) is 31.4 Å². The summed E-state index contributed by atoms with van der Waals surface area (Å²) in [6, 6.07) is 1.62. The van der Waals surface area contributed by atoms with Crippen LogP contribution >= 0.6 is 0 Å². The first-order valence-electron chi connectivity index (χ1n) is 6.99. The van der Waals surface area contributed by atoms with Gasteiger partial charge in [0.05, 0.1) is 13.0 Å². The van der Waals surface area contributed by atoms with Gasteiger partial charge < -0.3 is 15.2 Å². The highest BCUT2D eigenvalue weighted by Gasteiger charge is 2.30. The molecule has 1 saturated carbocycles. The predicted octanol–water partition coefficient (Wildman–Crippen LogP) is 2.24. The summed E-state index contributed by atoms with van der Waals surface area (Å²) in [6.45, 7) is 1.86. The predicted molar refractivity (Wildman–Crippen MR) is 74.9 cm³/mol. The number of nitrogens with one attached hydrogen (secondary N) is 1. The fourth-order valence-electron chi connectivity index (χ4n) is 2.65. The molecule has 6 nitrogen and oxygen atoms in total. The number of nitrogens with zero attached hydrogens (tertiary/aromatic N) is 2. The smallest absolute Gasteiger partial charge is 0.308 e. The number of anilines is 1. The SMILES string of the molecule is COc1cc(C)nc(NC2CCCCCC2C(=O)O)n1. The molecule has 1 fully saturated rings. The van der Waals surface area contributed by atoms with Crippen molar-refractivity contribution in [2.45, 2.75) is 45.1 Å². The molecule has 0 radical (unpaired) electrons. The Bertz CT molecular complexity index is 479. The lowest BCUT2D eigenvalue weighted by atomic mass is 9.95. The Morgan fingerprint density at radius 1 is 1.35 bits per heavy atom. The molecule has 1 aliphatic rings. The van der Waals surface area contributed by atoms with Gasteiger partial charge in [0, 0.05) is 17.8 Å². The van der Waals surface area contributed by atoms with Gasteiger partial charge in [-0.25, -0.2) is 4.98 Å². The first kappa shape index (κ1) is 14.6. The Balaban J connectivity index is 2.17. The van der Waals surface area contributed by atoms with E-state index in [1.165, 1.54) is 0 Å². The van der Waals surface area contributed by atoms with E-state index in [1.54, 1.807) is 13.2 Å². The van der Waals surface area contributed by atoms with Gasteiger partial charge in [-0.1, -0.05) is 19.3 Å². The third-order valence-electron chi connectivity index (χ3n) is 3.69. The molecule has 0 aromatic carbocycles. The average molecular weight is 279 g/mol. The lowest BCUT2D eigenvalue weighted by Gasteiger charge is -2.23. The number of carboxylic acids is 1. The van der Waals surface area contributed by atoms with Crippen molar-refractivity contribution in [3.8, 4) is 5.88 Å². The second-order valence-electron chi connectivity index (χ2n) is 5.21. The number of hydrogen-bond donors (Lipinski definition) is 2. The molecule has 0 bridgehead atoms. The maximum absolute atomic E-state index is 11.4. The minimum Gasteiger partial charge on any atom is -0.481 e. The zero-order chi connectivity index (χ0) is 14.5. The van der Waals surface area contributed by atoms with Crippen LogP contribution in [0.4, 0.5) is 5.95 Å². The number of rotatable bonds is 4. The molecular weight excluding hydrogens is 258 g/mol. The Kier molecular flexibility index (Phi) is 4.76. The zero-order valence-corrected chi connectivity index (χ0v) is 11.9. The largest absolute Gasteiger partial charge is 0.481 e. The molecule has 0 spiro atoms. The van der Waals surface area contributed by atoms with E-state index in [2.05, 4.69) is 15.3 Å². The van der Waals surface area contributed by atoms with Crippen molar-refractivity contribution in [3.05, 3.63) is 11.8 Å². The van der Waals surface area contributed by atoms with Crippen molar-refractivity contribution in [1.82, 2.24) is 9.97 Å². The van der Waals surface area contributed by atoms with Crippen LogP contribution in [-0.4, -0.2) is 34.2 Å². The molecule has 6 heteroatoms. The molecule has 0 saturated heterocycles. The minimum absolute atomic E-state index is 0.124. The standard InChI is InChI=1S/C14H21N3O3/c1-9-8-12(20-2)17-14(15-9)16-11-7-5-3-4-6-10(11)13(18)19/h8,10-11H,3-7H2,1-2H3,(H,18,19)(H,15,16,17). The number of ether oxygens (including phenoxy) is 1. The molecule has 1 aliphatic carbocycles. The van der Waals surface area contributed by atoms with Gasteiger partial charge in [0.15, 0.2) is 0 Å². The molecule has 0 aliphatic heterocycles. The van der Waals surface area contributed by atoms with E-state index in [-0.39, 0.29) is 12.0 Å². The second-order valence-corrected chi connectivity index (χ2v) is 5.21. The highest BCUT2D eigenvalue weighted by atomic mass is 16.5. The van der Waals surface area contributed by atoms with E-state index < -0.39 is 5.97 Å². The van der Waals surface area contributed by atoms with Gasteiger partial charge in [0.25, 0.3) is 0 Å². The second kappa shape index (κ2) is 6.54. The molecule has 0 amide bonds. The van der Waals surface area contributed by atoms with Crippen molar-refractivity contribution in [1.29, 1.82) is 0 Å². The zero-order valence-electron chi connectivity index (χ0n) is 11.9. The molecule has 1 heterocycles. The summed E-state index contributed by atoms with van der Waals surface area (Å²) in [5.74, 6) is -0.197. The van der Waals surface area contributed by atoms with Gasteiger partial charge >= 0.3 is 5.97 Å². The van der Waals surface area contributed by atoms with Crippen LogP contribution in [-0.2, 0) is 4.79 Å². The summed E-state index contributed by atoms with van der Waals surface area (Å²) in [5, 5.41) is 12.5. The van der Waals surface area contributed by atoms with Crippen LogP contribution < -0.4 is 10.1 Å². The van der Waals surface area contributed by atoms with Crippen molar-refractivity contribution in [2.24, 2.45) is 5.92 Å². The van der Waals surface area contributed by atoms with E-state index in [4.69, 9.17) is 4.74 Å². The van der Waals surface area contributed by atoms with Crippen molar-refractivity contribution < 1.29 is 14.6 Å². The number of aliphatic carboxylic acids is 1. The summed E-state index contributed by atoms with van der Waals surface area (Å²) < 4.78 is 5.12. The monoisotopic (exact) mass is 279 g/mol. The molecule has 1 aromatic rings. The van der Waals surface area contributed by atoms with Gasteiger partial charge in [0.1, 0.15) is 0 Å². The first-order chi connectivity index (χ1) is 9.60. The lowest BCUT2D eigenvalue weighted by molar-refractivity contribution is -0.142. The highest BCUT2D eigenvalue weighted by Crippen LogP contribution is 2.26. The fourth-order valence-corrected chi connectivity index (χ4v) is 2.65. The van der Waals surface area contributed by atoms with Crippen LogP contribution in [0.5, 0.6) is 5.88 Å². The Morgan fingerprint density at radius 3 is 2.80 bits per heavy atom. The molecule has 20 heavy (non-hydrogen) atoms. The quantitative estimate of drug-likeness (QED) is 0.822. The maximum atomic E-state index is 11.4. The van der Waals surface area contributed by atoms with Gasteiger partial charge in [-0.15, -0.1) is 0 Å². The maximum Gasteiger partial charge on any atom is 0.308 e. The van der Waals surface area contributed by atoms with Gasteiger partial charge in [-0.05, 0) is 19.8 Å². The topological polar surface area (TPSA) is 84.3 Å². The van der Waals surface area contributed by atoms with E-state index >= 15 is 0 Å². The van der Waals surface area contributed by atoms with Crippen LogP contribution in [0.2, 0.25) is 0 Å². The Hall–Kier alpha value is -1.85. The number of aryl methyl sites for hydroxylation is 1. The van der Waals surface area contributed by atoms with E-state index in [1.807, 2.05) is 6.92 Å². The van der Waals surface area contributed by atoms with Gasteiger partial charge in [-0.3, -0.25) is 4.79 Å². The molecule has 110 valence electrons. The van der Waals surface area contributed by atoms with Crippen LogP contribution in [0, 0.1) is 12.8 Å². The number of aromatic nitrogens is 2. The molecule has 2 atom stereocenters. The third kappa shape index (κ3) is 3.59. The number of hydrogen-bond acceptors (Lipinski definition) is 5. The number of carbonyl (C=O) groups is 1. The fraction of sp³-hybridized carbons (Fsp3) is 0.643.